The van der Waals surface area contributed by atoms with Crippen LogP contribution in [0.3, 0.4) is 0 Å². The number of nitrogen functional groups attached to an aromatic ring is 1. The van der Waals surface area contributed by atoms with Crippen LogP contribution < -0.4 is 5.73 Å². The first-order valence-corrected chi connectivity index (χ1v) is 17.8. The van der Waals surface area contributed by atoms with Gasteiger partial charge in [-0.05, 0) is 31.5 Å². The zero-order valence-corrected chi connectivity index (χ0v) is 27.6. The summed E-state index contributed by atoms with van der Waals surface area (Å²) in [6, 6.07) is 3.52. The van der Waals surface area contributed by atoms with E-state index in [1.807, 2.05) is 13.0 Å². The number of alkyl halides is 1. The van der Waals surface area contributed by atoms with Gasteiger partial charge in [0.05, 0.1) is 36.9 Å². The summed E-state index contributed by atoms with van der Waals surface area (Å²) >= 11 is 6.30. The van der Waals surface area contributed by atoms with Crippen LogP contribution in [-0.4, -0.2) is 101 Å². The van der Waals surface area contributed by atoms with Crippen molar-refractivity contribution in [2.75, 3.05) is 26.1 Å². The van der Waals surface area contributed by atoms with Crippen LogP contribution in [0.25, 0.3) is 22.2 Å². The summed E-state index contributed by atoms with van der Waals surface area (Å²) in [7, 11) is 4.47. The molecule has 1 aromatic carbocycles. The number of benzene rings is 1. The Morgan fingerprint density at radius 1 is 1.09 bits per heavy atom. The summed E-state index contributed by atoms with van der Waals surface area (Å²) < 4.78 is 86.9. The standard InChI is InChI=1S/C25H27B2ClFN7O9P2/c1-11-4-14-13(5-12(11)28)33-9-35(14)24-19(39-3)20-25(2,43-24)7-41-47(27,38)44-18-15(6-40-46(26,37)45-20)42-23(16(18)29)36-10-34-17-21(30)31-8-32-22(17)36/h4-5,8-10,15-16,18-20,23-24H,6-7H2,1-3H3,(H2,30,31,32)/t15-,16?,18+,19+,20?,23-,24-,25-,46?,47?/m1/s1. The Morgan fingerprint density at radius 2 is 1.83 bits per heavy atom. The molecule has 6 heterocycles. The zero-order chi connectivity index (χ0) is 33.5. The molecular formula is C25H27B2ClFN7O9P2. The molecule has 47 heavy (non-hydrogen) atoms. The van der Waals surface area contributed by atoms with Crippen molar-refractivity contribution in [1.29, 1.82) is 0 Å². The number of aromatic nitrogens is 6. The SMILES string of the molecule is [B]P1(=O)OC[C@H]2O[C@@H](n3cnc4c(N)ncnc43)C(F)[C@H]2OP([B])(=O)OC[C@@]2(C)O[C@@H](n3cnc4cc(Cl)c(C)cc43)[C@@H](OC)C2O1. The quantitative estimate of drug-likeness (QED) is 0.241. The summed E-state index contributed by atoms with van der Waals surface area (Å²) in [5.41, 5.74) is 6.66. The maximum Gasteiger partial charge on any atom is 0.264 e. The predicted molar refractivity (Wildman–Crippen MR) is 166 cm³/mol. The largest absolute Gasteiger partial charge is 0.382 e. The number of hydrogen-bond donors (Lipinski definition) is 1. The van der Waals surface area contributed by atoms with Crippen LogP contribution in [0.2, 0.25) is 5.02 Å². The van der Waals surface area contributed by atoms with E-state index in [2.05, 4.69) is 19.9 Å². The summed E-state index contributed by atoms with van der Waals surface area (Å²) in [5, 5.41) is 0.524. The molecule has 246 valence electrons. The average molecular weight is 708 g/mol. The van der Waals surface area contributed by atoms with Crippen molar-refractivity contribution < 1.29 is 45.8 Å². The molecule has 0 bridgehead atoms. The monoisotopic (exact) mass is 707 g/mol. The molecule has 3 aliphatic heterocycles. The molecule has 4 radical (unpaired) electrons. The lowest BCUT2D eigenvalue weighted by atomic mass is 9.98. The molecule has 0 saturated carbocycles. The summed E-state index contributed by atoms with van der Waals surface area (Å²) in [5.74, 6) is 0.0629. The van der Waals surface area contributed by atoms with Gasteiger partial charge < -0.3 is 42.6 Å². The second-order valence-electron chi connectivity index (χ2n) is 11.6. The predicted octanol–water partition coefficient (Wildman–Crippen LogP) is 3.33. The van der Waals surface area contributed by atoms with Crippen LogP contribution in [-0.2, 0) is 41.4 Å². The van der Waals surface area contributed by atoms with Gasteiger partial charge in [0.25, 0.3) is 14.9 Å². The van der Waals surface area contributed by atoms with Crippen LogP contribution in [0.5, 0.6) is 0 Å². The molecule has 4 aromatic rings. The van der Waals surface area contributed by atoms with Gasteiger partial charge in [-0.3, -0.25) is 13.7 Å². The van der Waals surface area contributed by atoms with Gasteiger partial charge in [0.2, 0.25) is 15.1 Å². The molecule has 3 aromatic heterocycles. The fourth-order valence-corrected chi connectivity index (χ4v) is 8.35. The lowest BCUT2D eigenvalue weighted by Crippen LogP contribution is -2.46. The van der Waals surface area contributed by atoms with Crippen molar-refractivity contribution in [1.82, 2.24) is 29.1 Å². The van der Waals surface area contributed by atoms with Crippen molar-refractivity contribution in [2.45, 2.75) is 62.5 Å². The van der Waals surface area contributed by atoms with Crippen molar-refractivity contribution in [3.63, 3.8) is 0 Å². The first-order valence-electron chi connectivity index (χ1n) is 14.2. The molecule has 3 fully saturated rings. The van der Waals surface area contributed by atoms with E-state index in [0.29, 0.717) is 16.1 Å². The van der Waals surface area contributed by atoms with E-state index in [1.54, 1.807) is 10.6 Å². The number of halogens is 2. The molecule has 3 saturated heterocycles. The Balaban J connectivity index is 1.20. The number of nitrogens with zero attached hydrogens (tertiary/aromatic N) is 6. The Hall–Kier alpha value is -2.43. The van der Waals surface area contributed by atoms with Gasteiger partial charge in [0.1, 0.15) is 41.9 Å². The number of methoxy groups -OCH3 is 1. The Bertz CT molecular complexity index is 1960. The maximum atomic E-state index is 16.1. The molecule has 4 unspecified atom stereocenters. The minimum absolute atomic E-state index is 0.0629. The number of rotatable bonds is 3. The summed E-state index contributed by atoms with van der Waals surface area (Å²) in [6.45, 7) is 2.18. The highest BCUT2D eigenvalue weighted by Gasteiger charge is 2.58. The van der Waals surface area contributed by atoms with Crippen LogP contribution in [0.4, 0.5) is 10.2 Å². The minimum atomic E-state index is -4.54. The van der Waals surface area contributed by atoms with Gasteiger partial charge in [-0.1, -0.05) is 11.6 Å². The van der Waals surface area contributed by atoms with E-state index in [1.165, 1.54) is 37.6 Å². The van der Waals surface area contributed by atoms with E-state index in [-0.39, 0.29) is 17.0 Å². The van der Waals surface area contributed by atoms with Gasteiger partial charge in [0, 0.05) is 12.1 Å². The van der Waals surface area contributed by atoms with Crippen LogP contribution in [0.1, 0.15) is 24.9 Å². The average Bonchev–Trinajstić information content (AvgIpc) is 3.75. The second kappa shape index (κ2) is 11.9. The number of nitrogens with two attached hydrogens (primary N) is 1. The number of ether oxygens (including phenoxy) is 3. The highest BCUT2D eigenvalue weighted by molar-refractivity contribution is 7.79. The number of hydrogen-bond acceptors (Lipinski definition) is 14. The third-order valence-electron chi connectivity index (χ3n) is 8.38. The van der Waals surface area contributed by atoms with Gasteiger partial charge >= 0.3 is 0 Å². The molecule has 0 aliphatic carbocycles. The van der Waals surface area contributed by atoms with Gasteiger partial charge in [-0.2, -0.15) is 0 Å². The fraction of sp³-hybridized carbons (Fsp3) is 0.520. The molecule has 3 aliphatic rings. The van der Waals surface area contributed by atoms with E-state index in [4.69, 9.17) is 64.8 Å². The first kappa shape index (κ1) is 33.1. The number of imidazole rings is 2. The van der Waals surface area contributed by atoms with E-state index >= 15 is 4.39 Å². The van der Waals surface area contributed by atoms with E-state index in [0.717, 1.165) is 5.56 Å². The van der Waals surface area contributed by atoms with Crippen molar-refractivity contribution >= 4 is 69.7 Å². The number of aryl methyl sites for hydroxylation is 1. The second-order valence-corrected chi connectivity index (χ2v) is 15.1. The van der Waals surface area contributed by atoms with Gasteiger partial charge in [-0.15, -0.1) is 0 Å². The highest BCUT2D eigenvalue weighted by atomic mass is 35.5. The molecule has 0 amide bonds. The van der Waals surface area contributed by atoms with E-state index < -0.39 is 76.8 Å². The topological polar surface area (TPSA) is 186 Å². The van der Waals surface area contributed by atoms with Crippen LogP contribution >= 0.6 is 26.5 Å². The van der Waals surface area contributed by atoms with Gasteiger partial charge in [0.15, 0.2) is 30.1 Å². The molecule has 10 atom stereocenters. The zero-order valence-electron chi connectivity index (χ0n) is 25.1. The Labute approximate surface area is 274 Å². The summed E-state index contributed by atoms with van der Waals surface area (Å²) in [4.78, 5) is 16.5. The molecule has 7 rings (SSSR count). The van der Waals surface area contributed by atoms with Gasteiger partial charge in [-0.25, -0.2) is 24.3 Å². The third kappa shape index (κ3) is 5.84. The highest BCUT2D eigenvalue weighted by Crippen LogP contribution is 2.56. The molecule has 22 heteroatoms. The van der Waals surface area contributed by atoms with Crippen LogP contribution in [0, 0.1) is 6.92 Å². The maximum absolute atomic E-state index is 16.1. The molecule has 0 spiro atoms. The molecule has 2 N–H and O–H groups in total. The number of anilines is 1. The minimum Gasteiger partial charge on any atom is -0.382 e. The first-order chi connectivity index (χ1) is 22.2. The van der Waals surface area contributed by atoms with Crippen molar-refractivity contribution in [3.8, 4) is 0 Å². The fourth-order valence-electron chi connectivity index (χ4n) is 6.02. The Morgan fingerprint density at radius 3 is 2.60 bits per heavy atom. The molecular weight excluding hydrogens is 680 g/mol. The smallest absolute Gasteiger partial charge is 0.264 e. The normalized spacial score (nSPS) is 38.2. The van der Waals surface area contributed by atoms with Crippen molar-refractivity contribution in [3.05, 3.63) is 41.7 Å². The lowest BCUT2D eigenvalue weighted by Gasteiger charge is -2.35. The van der Waals surface area contributed by atoms with Crippen LogP contribution in [0.15, 0.2) is 31.1 Å². The summed E-state index contributed by atoms with van der Waals surface area (Å²) in [6.07, 6.45) is -5.70. The van der Waals surface area contributed by atoms with Crippen molar-refractivity contribution in [2.24, 2.45) is 0 Å². The third-order valence-corrected chi connectivity index (χ3v) is 10.8. The lowest BCUT2D eigenvalue weighted by molar-refractivity contribution is -0.112. The Kier molecular flexibility index (Phi) is 8.35. The number of fused-ring (bicyclic) bond motifs is 4. The molecule has 16 nitrogen and oxygen atoms in total. The van der Waals surface area contributed by atoms with E-state index in [9.17, 15) is 9.13 Å².